The molecule has 0 spiro atoms. The normalized spacial score (nSPS) is 16.7. The van der Waals surface area contributed by atoms with Gasteiger partial charge in [-0.25, -0.2) is 0 Å². The van der Waals surface area contributed by atoms with Gasteiger partial charge in [-0.1, -0.05) is 91.0 Å². The van der Waals surface area contributed by atoms with E-state index in [-0.39, 0.29) is 18.4 Å². The Kier molecular flexibility index (Phi) is 9.65. The summed E-state index contributed by atoms with van der Waals surface area (Å²) in [5.41, 5.74) is 2.30. The van der Waals surface area contributed by atoms with E-state index >= 15 is 0 Å². The maximum Gasteiger partial charge on any atom is 0.293 e. The summed E-state index contributed by atoms with van der Waals surface area (Å²) in [6.07, 6.45) is 1.64. The van der Waals surface area contributed by atoms with E-state index in [0.29, 0.717) is 32.7 Å². The van der Waals surface area contributed by atoms with E-state index in [1.807, 2.05) is 95.9 Å². The molecule has 0 atom stereocenters. The molecule has 3 aromatic carbocycles. The van der Waals surface area contributed by atoms with Crippen molar-refractivity contribution in [3.63, 3.8) is 0 Å². The average molecular weight is 514 g/mol. The number of piperidine rings is 1. The highest BCUT2D eigenvalue weighted by molar-refractivity contribution is 5.95. The molecule has 38 heavy (non-hydrogen) atoms. The fourth-order valence-electron chi connectivity index (χ4n) is 5.19. The molecular formula is C31H35N3O4. The van der Waals surface area contributed by atoms with Crippen LogP contribution in [0, 0.1) is 0 Å². The van der Waals surface area contributed by atoms with Gasteiger partial charge < -0.3 is 19.9 Å². The van der Waals surface area contributed by atoms with Gasteiger partial charge in [0.05, 0.1) is 12.0 Å². The van der Waals surface area contributed by atoms with Gasteiger partial charge in [-0.15, -0.1) is 0 Å². The fourth-order valence-corrected chi connectivity index (χ4v) is 5.19. The molecule has 2 aliphatic rings. The molecule has 3 aromatic rings. The van der Waals surface area contributed by atoms with Crippen molar-refractivity contribution in [3.8, 4) is 0 Å². The van der Waals surface area contributed by atoms with Crippen molar-refractivity contribution in [2.45, 2.75) is 24.9 Å². The topological polar surface area (TPSA) is 79.0 Å². The van der Waals surface area contributed by atoms with Crippen molar-refractivity contribution in [3.05, 3.63) is 108 Å². The number of rotatable bonds is 7. The highest BCUT2D eigenvalue weighted by Gasteiger charge is 2.47. The van der Waals surface area contributed by atoms with Gasteiger partial charge in [0.15, 0.2) is 0 Å². The van der Waals surface area contributed by atoms with Crippen LogP contribution in [0.25, 0.3) is 0 Å². The molecule has 0 unspecified atom stereocenters. The van der Waals surface area contributed by atoms with Crippen LogP contribution in [-0.2, 0) is 31.1 Å². The van der Waals surface area contributed by atoms with E-state index in [2.05, 4.69) is 10.1 Å². The minimum absolute atomic E-state index is 0.0413. The zero-order chi connectivity index (χ0) is 26.6. The van der Waals surface area contributed by atoms with Crippen LogP contribution in [0.2, 0.25) is 0 Å². The van der Waals surface area contributed by atoms with Crippen LogP contribution in [-0.4, -0.2) is 67.4 Å². The summed E-state index contributed by atoms with van der Waals surface area (Å²) in [6, 6.07) is 29.6. The molecular weight excluding hydrogens is 478 g/mol. The van der Waals surface area contributed by atoms with Crippen molar-refractivity contribution in [2.24, 2.45) is 0 Å². The molecule has 2 aliphatic heterocycles. The lowest BCUT2D eigenvalue weighted by atomic mass is 9.68. The first kappa shape index (κ1) is 27.1. The van der Waals surface area contributed by atoms with Crippen LogP contribution >= 0.6 is 0 Å². The molecule has 198 valence electrons. The van der Waals surface area contributed by atoms with Gasteiger partial charge in [0.25, 0.3) is 6.47 Å². The molecule has 2 fully saturated rings. The third-order valence-corrected chi connectivity index (χ3v) is 7.12. The van der Waals surface area contributed by atoms with E-state index in [1.165, 1.54) is 0 Å². The fraction of sp³-hybridized carbons (Fsp3) is 0.323. The number of nitrogens with zero attached hydrogens (tertiary/aromatic N) is 2. The molecule has 7 heteroatoms. The number of hydrogen-bond donors (Lipinski definition) is 1. The first-order valence-corrected chi connectivity index (χ1v) is 13.1. The lowest BCUT2D eigenvalue weighted by Crippen LogP contribution is -2.56. The Morgan fingerprint density at radius 1 is 0.842 bits per heavy atom. The standard InChI is InChI=1S/C23H27N3O2.C8H8O2/c27-21(25-16-13-24-14-17-25)18-26-15-7-12-23(22(26)28,19-8-3-1-4-9-19)20-10-5-2-6-11-20;9-7-10-6-8-4-2-1-3-5-8/h1-6,8-11,24H,7,12-18H2;1-5,7H,6H2. The summed E-state index contributed by atoms with van der Waals surface area (Å²) in [6.45, 7) is 4.68. The predicted octanol–water partition coefficient (Wildman–Crippen LogP) is 3.39. The number of ether oxygens (including phenoxy) is 1. The largest absolute Gasteiger partial charge is 0.463 e. The van der Waals surface area contributed by atoms with Crippen molar-refractivity contribution >= 4 is 18.3 Å². The van der Waals surface area contributed by atoms with E-state index in [0.717, 1.165) is 42.6 Å². The summed E-state index contributed by atoms with van der Waals surface area (Å²) >= 11 is 0. The van der Waals surface area contributed by atoms with Crippen LogP contribution in [0.3, 0.4) is 0 Å². The summed E-state index contributed by atoms with van der Waals surface area (Å²) in [5, 5.41) is 3.26. The quantitative estimate of drug-likeness (QED) is 0.490. The zero-order valence-electron chi connectivity index (χ0n) is 21.6. The predicted molar refractivity (Wildman–Crippen MR) is 146 cm³/mol. The monoisotopic (exact) mass is 513 g/mol. The molecule has 0 radical (unpaired) electrons. The van der Waals surface area contributed by atoms with Crippen LogP contribution < -0.4 is 5.32 Å². The summed E-state index contributed by atoms with van der Waals surface area (Å²) < 4.78 is 4.54. The Morgan fingerprint density at radius 2 is 1.39 bits per heavy atom. The van der Waals surface area contributed by atoms with Gasteiger partial charge in [0.2, 0.25) is 11.8 Å². The van der Waals surface area contributed by atoms with Crippen LogP contribution in [0.4, 0.5) is 0 Å². The van der Waals surface area contributed by atoms with Crippen molar-refractivity contribution in [1.82, 2.24) is 15.1 Å². The number of amides is 2. The summed E-state index contributed by atoms with van der Waals surface area (Å²) in [7, 11) is 0. The molecule has 2 heterocycles. The second kappa shape index (κ2) is 13.5. The van der Waals surface area contributed by atoms with Gasteiger partial charge in [-0.3, -0.25) is 14.4 Å². The van der Waals surface area contributed by atoms with Gasteiger partial charge in [0, 0.05) is 32.7 Å². The molecule has 0 aliphatic carbocycles. The summed E-state index contributed by atoms with van der Waals surface area (Å²) in [4.78, 5) is 40.0. The third kappa shape index (κ3) is 6.47. The highest BCUT2D eigenvalue weighted by atomic mass is 16.5. The van der Waals surface area contributed by atoms with Crippen LogP contribution in [0.5, 0.6) is 0 Å². The lowest BCUT2D eigenvalue weighted by Gasteiger charge is -2.43. The Bertz CT molecular complexity index is 1130. The number of nitrogens with one attached hydrogen (secondary N) is 1. The Morgan fingerprint density at radius 3 is 1.95 bits per heavy atom. The van der Waals surface area contributed by atoms with E-state index in [4.69, 9.17) is 0 Å². The third-order valence-electron chi connectivity index (χ3n) is 7.12. The Labute approximate surface area is 224 Å². The minimum Gasteiger partial charge on any atom is -0.463 e. The maximum atomic E-state index is 13.8. The maximum absolute atomic E-state index is 13.8. The molecule has 1 N–H and O–H groups in total. The minimum atomic E-state index is -0.718. The Hall–Kier alpha value is -3.97. The molecule has 0 saturated carbocycles. The molecule has 2 amide bonds. The number of hydrogen-bond acceptors (Lipinski definition) is 5. The molecule has 7 nitrogen and oxygen atoms in total. The number of carbonyl (C=O) groups excluding carboxylic acids is 3. The van der Waals surface area contributed by atoms with E-state index in [1.54, 1.807) is 4.90 Å². The number of likely N-dealkylation sites (tertiary alicyclic amines) is 1. The first-order chi connectivity index (χ1) is 18.6. The molecule has 2 saturated heterocycles. The first-order valence-electron chi connectivity index (χ1n) is 13.1. The number of benzene rings is 3. The van der Waals surface area contributed by atoms with Crippen molar-refractivity contribution < 1.29 is 19.1 Å². The average Bonchev–Trinajstić information content (AvgIpc) is 2.99. The molecule has 0 bridgehead atoms. The van der Waals surface area contributed by atoms with Gasteiger partial charge in [0.1, 0.15) is 6.61 Å². The van der Waals surface area contributed by atoms with Crippen molar-refractivity contribution in [1.29, 1.82) is 0 Å². The lowest BCUT2D eigenvalue weighted by molar-refractivity contribution is -0.145. The zero-order valence-corrected chi connectivity index (χ0v) is 21.6. The second-order valence-corrected chi connectivity index (χ2v) is 9.49. The van der Waals surface area contributed by atoms with Gasteiger partial charge in [-0.2, -0.15) is 0 Å². The van der Waals surface area contributed by atoms with Gasteiger partial charge in [-0.05, 0) is 29.5 Å². The molecule has 0 aromatic heterocycles. The molecule has 5 rings (SSSR count). The summed E-state index contributed by atoms with van der Waals surface area (Å²) in [5.74, 6) is 0.0893. The van der Waals surface area contributed by atoms with E-state index < -0.39 is 5.41 Å². The van der Waals surface area contributed by atoms with Gasteiger partial charge >= 0.3 is 0 Å². The SMILES string of the molecule is O=C(CN1CCCC(c2ccccc2)(c2ccccc2)C1=O)N1CCNCC1.O=COCc1ccccc1. The van der Waals surface area contributed by atoms with Crippen LogP contribution in [0.15, 0.2) is 91.0 Å². The highest BCUT2D eigenvalue weighted by Crippen LogP contribution is 2.41. The number of carbonyl (C=O) groups is 3. The smallest absolute Gasteiger partial charge is 0.293 e. The van der Waals surface area contributed by atoms with Crippen molar-refractivity contribution in [2.75, 3.05) is 39.3 Å². The number of piperazine rings is 1. The van der Waals surface area contributed by atoms with E-state index in [9.17, 15) is 14.4 Å². The van der Waals surface area contributed by atoms with Crippen LogP contribution in [0.1, 0.15) is 29.5 Å². The second-order valence-electron chi connectivity index (χ2n) is 9.49. The Balaban J connectivity index is 0.000000283.